The molecule has 0 aromatic heterocycles. The minimum Gasteiger partial charge on any atom is -0.491 e. The van der Waals surface area contributed by atoms with Gasteiger partial charge in [-0.2, -0.15) is 0 Å². The summed E-state index contributed by atoms with van der Waals surface area (Å²) in [6.07, 6.45) is -2.35. The van der Waals surface area contributed by atoms with Crippen LogP contribution >= 0.6 is 0 Å². The van der Waals surface area contributed by atoms with Gasteiger partial charge in [0.1, 0.15) is 48.7 Å². The zero-order valence-corrected chi connectivity index (χ0v) is 36.5. The molecule has 62 heavy (non-hydrogen) atoms. The zero-order chi connectivity index (χ0) is 44.8. The Morgan fingerprint density at radius 1 is 0.565 bits per heavy atom. The van der Waals surface area contributed by atoms with Crippen molar-refractivity contribution in [2.75, 3.05) is 40.3 Å². The Hall–Kier alpha value is -5.34. The highest BCUT2D eigenvalue weighted by molar-refractivity contribution is 5.69. The number of hydrogen-bond donors (Lipinski definition) is 0. The average Bonchev–Trinajstić information content (AvgIpc) is 3.23. The van der Waals surface area contributed by atoms with Crippen LogP contribution < -0.4 is 9.47 Å². The third kappa shape index (κ3) is 14.9. The van der Waals surface area contributed by atoms with Crippen LogP contribution in [0.5, 0.6) is 11.5 Å². The molecule has 10 nitrogen and oxygen atoms in total. The number of ether oxygens (including phenoxy) is 4. The lowest BCUT2D eigenvalue weighted by atomic mass is 10.0. The van der Waals surface area contributed by atoms with E-state index in [0.717, 1.165) is 33.8 Å². The van der Waals surface area contributed by atoms with Crippen LogP contribution in [0.25, 0.3) is 0 Å². The smallest absolute Gasteiger partial charge is 0.410 e. The van der Waals surface area contributed by atoms with Crippen LogP contribution in [0, 0.1) is 11.6 Å². The number of benzene rings is 4. The van der Waals surface area contributed by atoms with Crippen molar-refractivity contribution in [1.82, 2.24) is 19.6 Å². The van der Waals surface area contributed by atoms with Gasteiger partial charge in [0.15, 0.2) is 0 Å². The molecule has 2 heterocycles. The van der Waals surface area contributed by atoms with Gasteiger partial charge in [-0.1, -0.05) is 48.5 Å². The molecule has 0 spiro atoms. The maximum absolute atomic E-state index is 14.8. The standard InChI is InChI=1S/2C24H30F2N2O3/c2*1-17(2)31-21-10-6-19(7-11-21)16-30-24(29)28(14-18-4-8-20(25)9-5-18)23-12-13-27(3)15-22(23)26/h2*4-11,17,22-23H,12-16H2,1-3H3/t2*22-,23+/m10/s1. The van der Waals surface area contributed by atoms with Crippen LogP contribution in [0.15, 0.2) is 97.1 Å². The van der Waals surface area contributed by atoms with Crippen molar-refractivity contribution < 1.29 is 46.1 Å². The lowest BCUT2D eigenvalue weighted by Gasteiger charge is -2.39. The maximum Gasteiger partial charge on any atom is 0.410 e. The molecule has 0 radical (unpaired) electrons. The van der Waals surface area contributed by atoms with Gasteiger partial charge in [0.25, 0.3) is 0 Å². The highest BCUT2D eigenvalue weighted by Gasteiger charge is 2.37. The Kier molecular flexibility index (Phi) is 17.9. The van der Waals surface area contributed by atoms with Gasteiger partial charge in [-0.25, -0.2) is 27.2 Å². The van der Waals surface area contributed by atoms with E-state index in [1.807, 2.05) is 100 Å². The first-order valence-electron chi connectivity index (χ1n) is 21.2. The number of rotatable bonds is 14. The second kappa shape index (κ2) is 23.2. The molecule has 14 heteroatoms. The largest absolute Gasteiger partial charge is 0.491 e. The number of carbonyl (C=O) groups excluding carboxylic acids is 2. The maximum atomic E-state index is 14.8. The minimum atomic E-state index is -1.18. The van der Waals surface area contributed by atoms with E-state index in [2.05, 4.69) is 0 Å². The fourth-order valence-corrected chi connectivity index (χ4v) is 7.33. The predicted octanol–water partition coefficient (Wildman–Crippen LogP) is 9.59. The predicted molar refractivity (Wildman–Crippen MR) is 230 cm³/mol. The van der Waals surface area contributed by atoms with Crippen molar-refractivity contribution in [2.24, 2.45) is 0 Å². The van der Waals surface area contributed by atoms with Crippen molar-refractivity contribution in [1.29, 1.82) is 0 Å². The number of carbonyl (C=O) groups is 2. The fraction of sp³-hybridized carbons (Fsp3) is 0.458. The van der Waals surface area contributed by atoms with Crippen LogP contribution in [0.4, 0.5) is 27.2 Å². The number of halogens is 4. The highest BCUT2D eigenvalue weighted by atomic mass is 19.1. The Bertz CT molecular complexity index is 1830. The van der Waals surface area contributed by atoms with E-state index in [4.69, 9.17) is 18.9 Å². The Balaban J connectivity index is 0.000000234. The number of piperidine rings is 2. The number of likely N-dealkylation sites (tertiary alicyclic amines) is 2. The quantitative estimate of drug-likeness (QED) is 0.116. The van der Waals surface area contributed by atoms with Crippen LogP contribution in [0.3, 0.4) is 0 Å². The van der Waals surface area contributed by atoms with Crippen molar-refractivity contribution in [3.63, 3.8) is 0 Å². The SMILES string of the molecule is CC(C)Oc1ccc(COC(=O)N(Cc2ccc(F)cc2)[C@@H]2CCN(C)C[C@@H]2F)cc1.CC(C)Oc1ccc(COC(=O)N(Cc2ccc(F)cc2)[C@H]2CCN(C)C[C@H]2F)cc1. The number of alkyl halides is 2. The first-order valence-corrected chi connectivity index (χ1v) is 21.2. The molecule has 2 fully saturated rings. The van der Waals surface area contributed by atoms with Gasteiger partial charge < -0.3 is 28.7 Å². The van der Waals surface area contributed by atoms with Crippen molar-refractivity contribution >= 4 is 12.2 Å². The Morgan fingerprint density at radius 3 is 1.19 bits per heavy atom. The van der Waals surface area contributed by atoms with Gasteiger partial charge in [0, 0.05) is 39.3 Å². The van der Waals surface area contributed by atoms with E-state index in [-0.39, 0.29) is 63.2 Å². The fourth-order valence-electron chi connectivity index (χ4n) is 7.33. The van der Waals surface area contributed by atoms with E-state index >= 15 is 0 Å². The molecule has 4 aromatic rings. The molecule has 2 saturated heterocycles. The van der Waals surface area contributed by atoms with Crippen molar-refractivity contribution in [2.45, 2.75) is 103 Å². The van der Waals surface area contributed by atoms with Crippen LogP contribution in [0.1, 0.15) is 62.8 Å². The van der Waals surface area contributed by atoms with Crippen LogP contribution in [-0.2, 0) is 35.8 Å². The Morgan fingerprint density at radius 2 is 0.887 bits per heavy atom. The lowest BCUT2D eigenvalue weighted by molar-refractivity contribution is 0.0234. The summed E-state index contributed by atoms with van der Waals surface area (Å²) in [6, 6.07) is 25.2. The summed E-state index contributed by atoms with van der Waals surface area (Å²) in [4.78, 5) is 32.6. The molecule has 0 N–H and O–H groups in total. The molecular formula is C48H60F4N4O6. The molecular weight excluding hydrogens is 805 g/mol. The van der Waals surface area contributed by atoms with E-state index in [1.165, 1.54) is 34.1 Å². The second-order valence-electron chi connectivity index (χ2n) is 16.5. The topological polar surface area (TPSA) is 84.0 Å². The van der Waals surface area contributed by atoms with Gasteiger partial charge in [0.2, 0.25) is 0 Å². The van der Waals surface area contributed by atoms with E-state index in [1.54, 1.807) is 24.3 Å². The van der Waals surface area contributed by atoms with Gasteiger partial charge in [-0.3, -0.25) is 9.80 Å². The first-order chi connectivity index (χ1) is 29.6. The van der Waals surface area contributed by atoms with E-state index in [0.29, 0.717) is 25.9 Å². The third-order valence-corrected chi connectivity index (χ3v) is 10.5. The molecule has 4 aromatic carbocycles. The molecule has 0 unspecified atom stereocenters. The molecule has 2 aliphatic rings. The molecule has 0 bridgehead atoms. The molecule has 0 saturated carbocycles. The molecule has 6 rings (SSSR count). The van der Waals surface area contributed by atoms with Crippen molar-refractivity contribution in [3.05, 3.63) is 131 Å². The van der Waals surface area contributed by atoms with Gasteiger partial charge in [-0.15, -0.1) is 0 Å². The summed E-state index contributed by atoms with van der Waals surface area (Å²) in [6.45, 7) is 10.2. The second-order valence-corrected chi connectivity index (χ2v) is 16.5. The summed E-state index contributed by atoms with van der Waals surface area (Å²) < 4.78 is 78.5. The van der Waals surface area contributed by atoms with Gasteiger partial charge in [0.05, 0.1) is 24.3 Å². The summed E-state index contributed by atoms with van der Waals surface area (Å²) in [7, 11) is 3.72. The number of nitrogens with zero attached hydrogens (tertiary/aromatic N) is 4. The Labute approximate surface area is 363 Å². The minimum absolute atomic E-state index is 0.0737. The highest BCUT2D eigenvalue weighted by Crippen LogP contribution is 2.25. The third-order valence-electron chi connectivity index (χ3n) is 10.5. The lowest BCUT2D eigenvalue weighted by Crippen LogP contribution is -2.53. The van der Waals surface area contributed by atoms with E-state index in [9.17, 15) is 27.2 Å². The van der Waals surface area contributed by atoms with Crippen LogP contribution in [0.2, 0.25) is 0 Å². The number of hydrogen-bond acceptors (Lipinski definition) is 8. The average molecular weight is 865 g/mol. The van der Waals surface area contributed by atoms with Gasteiger partial charge >= 0.3 is 12.2 Å². The van der Waals surface area contributed by atoms with E-state index < -0.39 is 36.6 Å². The summed E-state index contributed by atoms with van der Waals surface area (Å²) >= 11 is 0. The zero-order valence-electron chi connectivity index (χ0n) is 36.5. The summed E-state index contributed by atoms with van der Waals surface area (Å²) in [5.74, 6) is 0.778. The first kappa shape index (κ1) is 47.7. The molecule has 2 aliphatic heterocycles. The molecule has 2 amide bonds. The molecule has 0 aliphatic carbocycles. The normalized spacial score (nSPS) is 19.3. The molecule has 336 valence electrons. The summed E-state index contributed by atoms with van der Waals surface area (Å²) in [5, 5.41) is 0. The monoisotopic (exact) mass is 864 g/mol. The molecule has 4 atom stereocenters. The van der Waals surface area contributed by atoms with Gasteiger partial charge in [-0.05, 0) is 125 Å². The summed E-state index contributed by atoms with van der Waals surface area (Å²) in [5.41, 5.74) is 3.07. The van der Waals surface area contributed by atoms with Crippen LogP contribution in [-0.4, -0.2) is 109 Å². The number of amides is 2. The van der Waals surface area contributed by atoms with Crippen molar-refractivity contribution in [3.8, 4) is 11.5 Å².